The Hall–Kier alpha value is -8.14. The highest BCUT2D eigenvalue weighted by Crippen LogP contribution is 2.42. The van der Waals surface area contributed by atoms with Gasteiger partial charge >= 0.3 is 0 Å². The molecule has 300 valence electrons. The Bertz CT molecular complexity index is 3160. The lowest BCUT2D eigenvalue weighted by atomic mass is 9.93. The topological polar surface area (TPSA) is 11.4 Å². The summed E-state index contributed by atoms with van der Waals surface area (Å²) in [6.07, 6.45) is 6.54. The van der Waals surface area contributed by atoms with Crippen LogP contribution in [0.5, 0.6) is 0 Å². The minimum Gasteiger partial charge on any atom is -0.314 e. The van der Waals surface area contributed by atoms with Gasteiger partial charge < -0.3 is 14.4 Å². The number of nitrogens with zero attached hydrogens (tertiary/aromatic N) is 3. The molecule has 10 aromatic rings. The molecule has 1 aliphatic rings. The van der Waals surface area contributed by atoms with Gasteiger partial charge in [-0.15, -0.1) is 0 Å². The molecule has 63 heavy (non-hydrogen) atoms. The zero-order valence-electron chi connectivity index (χ0n) is 34.9. The second kappa shape index (κ2) is 16.7. The fourth-order valence-corrected chi connectivity index (χ4v) is 9.28. The number of rotatable bonds is 10. The Balaban J connectivity index is 1.03. The predicted molar refractivity (Wildman–Crippen MR) is 267 cm³/mol. The molecule has 0 atom stereocenters. The Morgan fingerprint density at radius 3 is 1.30 bits per heavy atom. The van der Waals surface area contributed by atoms with E-state index in [2.05, 4.69) is 263 Å². The molecule has 11 rings (SSSR count). The summed E-state index contributed by atoms with van der Waals surface area (Å²) < 4.78 is 2.46. The molecule has 0 spiro atoms. The van der Waals surface area contributed by atoms with Gasteiger partial charge in [0.05, 0.1) is 16.7 Å². The predicted octanol–water partition coefficient (Wildman–Crippen LogP) is 16.5. The first-order valence-electron chi connectivity index (χ1n) is 21.8. The third-order valence-electron chi connectivity index (χ3n) is 12.3. The van der Waals surface area contributed by atoms with Crippen LogP contribution in [-0.2, 0) is 0 Å². The normalized spacial score (nSPS) is 12.5. The van der Waals surface area contributed by atoms with Crippen LogP contribution < -0.4 is 9.80 Å². The monoisotopic (exact) mass is 807 g/mol. The van der Waals surface area contributed by atoms with E-state index in [9.17, 15) is 0 Å². The van der Waals surface area contributed by atoms with Crippen LogP contribution in [0.1, 0.15) is 18.4 Å². The fraction of sp³-hybridized carbons (Fsp3) is 0.0333. The van der Waals surface area contributed by atoms with E-state index in [0.717, 1.165) is 29.9 Å². The van der Waals surface area contributed by atoms with Crippen LogP contribution in [0.3, 0.4) is 0 Å². The van der Waals surface area contributed by atoms with Gasteiger partial charge in [0.25, 0.3) is 0 Å². The third kappa shape index (κ3) is 7.30. The van der Waals surface area contributed by atoms with Crippen LogP contribution in [0.15, 0.2) is 254 Å². The van der Waals surface area contributed by atoms with Gasteiger partial charge in [0, 0.05) is 50.5 Å². The number of allylic oxidation sites excluding steroid dienone is 4. The molecule has 1 aliphatic carbocycles. The summed E-state index contributed by atoms with van der Waals surface area (Å²) in [5.41, 5.74) is 17.9. The highest BCUT2D eigenvalue weighted by atomic mass is 15.2. The molecule has 1 heterocycles. The van der Waals surface area contributed by atoms with Crippen LogP contribution in [0.25, 0.3) is 55.3 Å². The van der Waals surface area contributed by atoms with Crippen molar-refractivity contribution >= 4 is 55.8 Å². The molecule has 0 aliphatic heterocycles. The minimum absolute atomic E-state index is 0.936. The van der Waals surface area contributed by atoms with Crippen LogP contribution >= 0.6 is 0 Å². The molecule has 0 amide bonds. The second-order valence-corrected chi connectivity index (χ2v) is 16.1. The van der Waals surface area contributed by atoms with E-state index >= 15 is 0 Å². The number of aromatic nitrogens is 1. The quantitative estimate of drug-likeness (QED) is 0.136. The molecular formula is C60H45N3. The number of hydrogen-bond acceptors (Lipinski definition) is 2. The van der Waals surface area contributed by atoms with Gasteiger partial charge in [0.15, 0.2) is 0 Å². The van der Waals surface area contributed by atoms with Gasteiger partial charge in [-0.05, 0) is 138 Å². The molecule has 0 bridgehead atoms. The summed E-state index contributed by atoms with van der Waals surface area (Å²) in [4.78, 5) is 4.70. The largest absolute Gasteiger partial charge is 0.314 e. The van der Waals surface area contributed by atoms with Crippen molar-refractivity contribution in [2.75, 3.05) is 9.80 Å². The van der Waals surface area contributed by atoms with E-state index in [0.29, 0.717) is 0 Å². The number of fused-ring (bicyclic) bond motifs is 3. The van der Waals surface area contributed by atoms with Gasteiger partial charge in [-0.1, -0.05) is 152 Å². The smallest absolute Gasteiger partial charge is 0.0541 e. The van der Waals surface area contributed by atoms with Crippen molar-refractivity contribution in [1.29, 1.82) is 0 Å². The Morgan fingerprint density at radius 2 is 0.762 bits per heavy atom. The van der Waals surface area contributed by atoms with Crippen molar-refractivity contribution in [3.63, 3.8) is 0 Å². The van der Waals surface area contributed by atoms with Crippen LogP contribution in [0, 0.1) is 0 Å². The lowest BCUT2D eigenvalue weighted by Gasteiger charge is -2.30. The third-order valence-corrected chi connectivity index (χ3v) is 12.3. The standard InChI is InChI=1S/C60H45N3/c1-6-18-46(19-7-1)55-28-16-17-29-58(55)63-59-40-34-47(44-30-36-53(37-31-44)61(49-20-8-2-9-21-49)50-22-10-3-11-23-50)42-56(59)57-43-48(35-41-60(57)63)45-32-38-54(39-33-45)62(51-24-12-4-13-25-51)52-26-14-5-15-27-52/h1-32,34-38,40-43H,33,39H2. The molecular weight excluding hydrogens is 763 g/mol. The molecule has 0 saturated heterocycles. The molecule has 0 unspecified atom stereocenters. The van der Waals surface area contributed by atoms with Crippen molar-refractivity contribution in [1.82, 2.24) is 4.57 Å². The fourth-order valence-electron chi connectivity index (χ4n) is 9.28. The summed E-state index contributed by atoms with van der Waals surface area (Å²) in [7, 11) is 0. The van der Waals surface area contributed by atoms with E-state index in [1.54, 1.807) is 0 Å². The first-order valence-corrected chi connectivity index (χ1v) is 21.8. The van der Waals surface area contributed by atoms with E-state index in [-0.39, 0.29) is 0 Å². The summed E-state index contributed by atoms with van der Waals surface area (Å²) in [6.45, 7) is 0. The zero-order valence-corrected chi connectivity index (χ0v) is 34.9. The molecule has 0 saturated carbocycles. The van der Waals surface area contributed by atoms with Gasteiger partial charge in [-0.25, -0.2) is 0 Å². The average Bonchev–Trinajstić information content (AvgIpc) is 3.69. The molecule has 0 N–H and O–H groups in total. The molecule has 3 heteroatoms. The van der Waals surface area contributed by atoms with E-state index in [4.69, 9.17) is 0 Å². The first-order chi connectivity index (χ1) is 31.3. The van der Waals surface area contributed by atoms with E-state index in [1.165, 1.54) is 78.0 Å². The van der Waals surface area contributed by atoms with Crippen LogP contribution in [0.4, 0.5) is 28.4 Å². The molecule has 9 aromatic carbocycles. The lowest BCUT2D eigenvalue weighted by Crippen LogP contribution is -2.17. The Morgan fingerprint density at radius 1 is 0.317 bits per heavy atom. The number of hydrogen-bond donors (Lipinski definition) is 0. The van der Waals surface area contributed by atoms with E-state index < -0.39 is 0 Å². The van der Waals surface area contributed by atoms with Crippen molar-refractivity contribution in [3.05, 3.63) is 260 Å². The minimum atomic E-state index is 0.936. The van der Waals surface area contributed by atoms with Crippen LogP contribution in [-0.4, -0.2) is 4.57 Å². The van der Waals surface area contributed by atoms with Crippen molar-refractivity contribution in [2.45, 2.75) is 12.8 Å². The molecule has 0 radical (unpaired) electrons. The summed E-state index contributed by atoms with van der Waals surface area (Å²) in [5.74, 6) is 0. The lowest BCUT2D eigenvalue weighted by molar-refractivity contribution is 0.930. The van der Waals surface area contributed by atoms with Crippen molar-refractivity contribution in [2.24, 2.45) is 0 Å². The zero-order chi connectivity index (χ0) is 42.0. The molecule has 0 fully saturated rings. The van der Waals surface area contributed by atoms with Gasteiger partial charge in [0.2, 0.25) is 0 Å². The highest BCUT2D eigenvalue weighted by Gasteiger charge is 2.21. The first kappa shape index (κ1) is 37.8. The SMILES string of the molecule is C1=C(c2ccc3c(c2)c2cc(-c4ccc(N(c5ccccc5)c5ccccc5)cc4)ccc2n3-c2ccccc2-c2ccccc2)CCC(N(c2ccccc2)c2ccccc2)=C1. The van der Waals surface area contributed by atoms with E-state index in [1.807, 2.05) is 0 Å². The highest BCUT2D eigenvalue weighted by molar-refractivity contribution is 6.12. The van der Waals surface area contributed by atoms with Gasteiger partial charge in [-0.3, -0.25) is 0 Å². The van der Waals surface area contributed by atoms with Crippen molar-refractivity contribution in [3.8, 4) is 27.9 Å². The summed E-state index contributed by atoms with van der Waals surface area (Å²) in [6, 6.07) is 85.2. The maximum Gasteiger partial charge on any atom is 0.0541 e. The number of anilines is 5. The van der Waals surface area contributed by atoms with Crippen molar-refractivity contribution < 1.29 is 0 Å². The summed E-state index contributed by atoms with van der Waals surface area (Å²) >= 11 is 0. The maximum atomic E-state index is 2.46. The number of benzene rings is 9. The van der Waals surface area contributed by atoms with Gasteiger partial charge in [-0.2, -0.15) is 0 Å². The average molecular weight is 808 g/mol. The molecule has 1 aromatic heterocycles. The number of para-hydroxylation sites is 5. The van der Waals surface area contributed by atoms with Crippen LogP contribution in [0.2, 0.25) is 0 Å². The van der Waals surface area contributed by atoms with Gasteiger partial charge in [0.1, 0.15) is 0 Å². The molecule has 3 nitrogen and oxygen atoms in total. The Kier molecular flexibility index (Phi) is 10.0. The maximum absolute atomic E-state index is 2.46. The Labute approximate surface area is 369 Å². The second-order valence-electron chi connectivity index (χ2n) is 16.1. The summed E-state index contributed by atoms with van der Waals surface area (Å²) in [5, 5.41) is 2.48.